The molecule has 0 saturated heterocycles. The number of halogens is 1. The Morgan fingerprint density at radius 3 is 2.48 bits per heavy atom. The molecule has 0 aliphatic rings. The van der Waals surface area contributed by atoms with Crippen molar-refractivity contribution in [3.63, 3.8) is 0 Å². The molecule has 0 bridgehead atoms. The van der Waals surface area contributed by atoms with Crippen LogP contribution in [0.4, 0.5) is 0 Å². The summed E-state index contributed by atoms with van der Waals surface area (Å²) in [6.07, 6.45) is 0.676. The lowest BCUT2D eigenvalue weighted by Gasteiger charge is -2.19. The van der Waals surface area contributed by atoms with Crippen LogP contribution in [0.5, 0.6) is 17.2 Å². The monoisotopic (exact) mass is 379 g/mol. The zero-order chi connectivity index (χ0) is 17.0. The number of carbonyl (C=O) groups is 1. The standard InChI is InChI=1S/C17H18BrNO4/c1-19(8-7-11-3-5-12(20)6-4-11)17(22)13-9-16(23-2)15(21)10-14(13)18/h3-6,9-10,20-21H,7-8H2,1-2H3. The molecule has 2 aromatic carbocycles. The Hall–Kier alpha value is -2.21. The number of methoxy groups -OCH3 is 1. The second-order valence-electron chi connectivity index (χ2n) is 5.15. The molecular weight excluding hydrogens is 362 g/mol. The number of carbonyl (C=O) groups excluding carboxylic acids is 1. The first-order valence-corrected chi connectivity index (χ1v) is 7.81. The quantitative estimate of drug-likeness (QED) is 0.836. The minimum Gasteiger partial charge on any atom is -0.508 e. The molecule has 122 valence electrons. The number of aromatic hydroxyl groups is 2. The van der Waals surface area contributed by atoms with Gasteiger partial charge in [0.1, 0.15) is 5.75 Å². The number of hydrogen-bond acceptors (Lipinski definition) is 4. The van der Waals surface area contributed by atoms with Crippen molar-refractivity contribution < 1.29 is 19.7 Å². The number of benzene rings is 2. The summed E-state index contributed by atoms with van der Waals surface area (Å²) < 4.78 is 5.56. The Morgan fingerprint density at radius 2 is 1.87 bits per heavy atom. The molecule has 0 aromatic heterocycles. The van der Waals surface area contributed by atoms with Crippen LogP contribution < -0.4 is 4.74 Å². The number of phenolic OH excluding ortho intramolecular Hbond substituents is 2. The minimum absolute atomic E-state index is 0.0253. The van der Waals surface area contributed by atoms with Crippen molar-refractivity contribution in [1.82, 2.24) is 4.90 Å². The van der Waals surface area contributed by atoms with Crippen LogP contribution in [0.3, 0.4) is 0 Å². The molecule has 6 heteroatoms. The van der Waals surface area contributed by atoms with Crippen LogP contribution in [-0.4, -0.2) is 41.7 Å². The Kier molecular flexibility index (Phi) is 5.50. The van der Waals surface area contributed by atoms with Gasteiger partial charge in [-0.15, -0.1) is 0 Å². The normalized spacial score (nSPS) is 10.4. The largest absolute Gasteiger partial charge is 0.508 e. The molecule has 5 nitrogen and oxygen atoms in total. The first-order chi connectivity index (χ1) is 10.9. The first-order valence-electron chi connectivity index (χ1n) is 7.02. The Morgan fingerprint density at radius 1 is 1.22 bits per heavy atom. The zero-order valence-electron chi connectivity index (χ0n) is 12.9. The molecule has 0 aliphatic carbocycles. The fourth-order valence-electron chi connectivity index (χ4n) is 2.14. The van der Waals surface area contributed by atoms with Crippen molar-refractivity contribution in [1.29, 1.82) is 0 Å². The van der Waals surface area contributed by atoms with Gasteiger partial charge in [-0.3, -0.25) is 4.79 Å². The van der Waals surface area contributed by atoms with Gasteiger partial charge in [-0.05, 0) is 52.2 Å². The average Bonchev–Trinajstić information content (AvgIpc) is 2.53. The summed E-state index contributed by atoms with van der Waals surface area (Å²) in [6.45, 7) is 0.527. The van der Waals surface area contributed by atoms with Gasteiger partial charge in [0.25, 0.3) is 5.91 Å². The van der Waals surface area contributed by atoms with Gasteiger partial charge in [-0.2, -0.15) is 0 Å². The van der Waals surface area contributed by atoms with Crippen molar-refractivity contribution in [2.24, 2.45) is 0 Å². The van der Waals surface area contributed by atoms with Gasteiger partial charge >= 0.3 is 0 Å². The van der Waals surface area contributed by atoms with E-state index in [4.69, 9.17) is 4.74 Å². The number of likely N-dealkylation sites (N-methyl/N-ethyl adjacent to an activating group) is 1. The summed E-state index contributed by atoms with van der Waals surface area (Å²) in [4.78, 5) is 14.1. The lowest BCUT2D eigenvalue weighted by Crippen LogP contribution is -2.29. The van der Waals surface area contributed by atoms with Crippen LogP contribution >= 0.6 is 15.9 Å². The van der Waals surface area contributed by atoms with Crippen molar-refractivity contribution in [2.75, 3.05) is 20.7 Å². The SMILES string of the molecule is COc1cc(C(=O)N(C)CCc2ccc(O)cc2)c(Br)cc1O. The van der Waals surface area contributed by atoms with E-state index in [9.17, 15) is 15.0 Å². The molecule has 0 unspecified atom stereocenters. The van der Waals surface area contributed by atoms with Crippen LogP contribution in [0.1, 0.15) is 15.9 Å². The average molecular weight is 380 g/mol. The second kappa shape index (κ2) is 7.37. The van der Waals surface area contributed by atoms with Crippen LogP contribution in [0.25, 0.3) is 0 Å². The van der Waals surface area contributed by atoms with Crippen LogP contribution in [-0.2, 0) is 6.42 Å². The van der Waals surface area contributed by atoms with E-state index in [2.05, 4.69) is 15.9 Å². The maximum atomic E-state index is 12.5. The Labute approximate surface area is 143 Å². The molecular formula is C17H18BrNO4. The molecule has 0 spiro atoms. The van der Waals surface area contributed by atoms with E-state index in [0.717, 1.165) is 5.56 Å². The number of hydrogen-bond donors (Lipinski definition) is 2. The number of phenols is 2. The fraction of sp³-hybridized carbons (Fsp3) is 0.235. The summed E-state index contributed by atoms with van der Waals surface area (Å²) >= 11 is 3.29. The van der Waals surface area contributed by atoms with Gasteiger partial charge in [-0.25, -0.2) is 0 Å². The molecule has 2 aromatic rings. The zero-order valence-corrected chi connectivity index (χ0v) is 14.5. The molecule has 0 aliphatic heterocycles. The molecule has 0 fully saturated rings. The Bertz CT molecular complexity index is 700. The highest BCUT2D eigenvalue weighted by Gasteiger charge is 2.18. The summed E-state index contributed by atoms with van der Waals surface area (Å²) in [5, 5.41) is 19.0. The lowest BCUT2D eigenvalue weighted by atomic mass is 10.1. The number of amides is 1. The number of rotatable bonds is 5. The third-order valence-corrected chi connectivity index (χ3v) is 4.17. The molecule has 0 radical (unpaired) electrons. The number of nitrogens with zero attached hydrogens (tertiary/aromatic N) is 1. The fourth-order valence-corrected chi connectivity index (χ4v) is 2.64. The van der Waals surface area contributed by atoms with Crippen molar-refractivity contribution in [2.45, 2.75) is 6.42 Å². The summed E-state index contributed by atoms with van der Waals surface area (Å²) in [6, 6.07) is 9.86. The Balaban J connectivity index is 2.09. The van der Waals surface area contributed by atoms with E-state index >= 15 is 0 Å². The smallest absolute Gasteiger partial charge is 0.254 e. The second-order valence-corrected chi connectivity index (χ2v) is 6.00. The highest BCUT2D eigenvalue weighted by Crippen LogP contribution is 2.32. The van der Waals surface area contributed by atoms with Crippen LogP contribution in [0.15, 0.2) is 40.9 Å². The van der Waals surface area contributed by atoms with Gasteiger partial charge in [-0.1, -0.05) is 12.1 Å². The highest BCUT2D eigenvalue weighted by molar-refractivity contribution is 9.10. The third kappa shape index (κ3) is 4.16. The molecule has 0 heterocycles. The topological polar surface area (TPSA) is 70.0 Å². The molecule has 23 heavy (non-hydrogen) atoms. The van der Waals surface area contributed by atoms with Crippen LogP contribution in [0, 0.1) is 0 Å². The summed E-state index contributed by atoms with van der Waals surface area (Å²) in [5.41, 5.74) is 1.46. The molecule has 2 N–H and O–H groups in total. The first kappa shape index (κ1) is 17.1. The van der Waals surface area contributed by atoms with Gasteiger partial charge in [0.05, 0.1) is 12.7 Å². The maximum Gasteiger partial charge on any atom is 0.254 e. The van der Waals surface area contributed by atoms with E-state index in [1.807, 2.05) is 12.1 Å². The van der Waals surface area contributed by atoms with Crippen LogP contribution in [0.2, 0.25) is 0 Å². The van der Waals surface area contributed by atoms with Crippen molar-refractivity contribution in [3.05, 3.63) is 52.0 Å². The van der Waals surface area contributed by atoms with Gasteiger partial charge in [0.15, 0.2) is 11.5 Å². The summed E-state index contributed by atoms with van der Waals surface area (Å²) in [5.74, 6) is 0.276. The predicted octanol–water partition coefficient (Wildman–Crippen LogP) is 3.18. The predicted molar refractivity (Wildman–Crippen MR) is 91.1 cm³/mol. The molecule has 0 atom stereocenters. The number of ether oxygens (including phenoxy) is 1. The molecule has 2 rings (SSSR count). The van der Waals surface area contributed by atoms with Crippen molar-refractivity contribution >= 4 is 21.8 Å². The van der Waals surface area contributed by atoms with E-state index in [0.29, 0.717) is 23.0 Å². The minimum atomic E-state index is -0.172. The lowest BCUT2D eigenvalue weighted by molar-refractivity contribution is 0.0795. The summed E-state index contributed by atoms with van der Waals surface area (Å²) in [7, 11) is 3.15. The maximum absolute atomic E-state index is 12.5. The molecule has 1 amide bonds. The molecule has 0 saturated carbocycles. The highest BCUT2D eigenvalue weighted by atomic mass is 79.9. The van der Waals surface area contributed by atoms with Gasteiger partial charge in [0, 0.05) is 18.1 Å². The van der Waals surface area contributed by atoms with Gasteiger partial charge < -0.3 is 19.8 Å². The van der Waals surface area contributed by atoms with Crippen molar-refractivity contribution in [3.8, 4) is 17.2 Å². The van der Waals surface area contributed by atoms with E-state index < -0.39 is 0 Å². The van der Waals surface area contributed by atoms with E-state index in [1.165, 1.54) is 19.2 Å². The van der Waals surface area contributed by atoms with E-state index in [1.54, 1.807) is 24.1 Å². The third-order valence-electron chi connectivity index (χ3n) is 3.52. The van der Waals surface area contributed by atoms with Gasteiger partial charge in [0.2, 0.25) is 0 Å². The van der Waals surface area contributed by atoms with E-state index in [-0.39, 0.29) is 23.2 Å².